The molecule has 6 heteroatoms. The van der Waals surface area contributed by atoms with Gasteiger partial charge in [-0.1, -0.05) is 19.1 Å². The van der Waals surface area contributed by atoms with Crippen molar-refractivity contribution < 1.29 is 18.0 Å². The molecule has 1 aromatic carbocycles. The fraction of sp³-hybridized carbons (Fsp3) is 0.500. The minimum atomic E-state index is -4.33. The minimum absolute atomic E-state index is 0.0178. The zero-order valence-corrected chi connectivity index (χ0v) is 10.9. The van der Waals surface area contributed by atoms with Crippen LogP contribution in [-0.2, 0) is 11.0 Å². The van der Waals surface area contributed by atoms with Gasteiger partial charge in [0.25, 0.3) is 0 Å². The van der Waals surface area contributed by atoms with Gasteiger partial charge in [-0.25, -0.2) is 0 Å². The summed E-state index contributed by atoms with van der Waals surface area (Å²) in [4.78, 5) is 13.7. The van der Waals surface area contributed by atoms with Crippen LogP contribution in [0, 0.1) is 5.92 Å². The first-order chi connectivity index (χ1) is 9.38. The van der Waals surface area contributed by atoms with Gasteiger partial charge in [0.15, 0.2) is 0 Å². The first-order valence-electron chi connectivity index (χ1n) is 6.59. The molecule has 2 fully saturated rings. The van der Waals surface area contributed by atoms with Crippen molar-refractivity contribution in [3.8, 4) is 0 Å². The van der Waals surface area contributed by atoms with Gasteiger partial charge < -0.3 is 4.90 Å². The van der Waals surface area contributed by atoms with Gasteiger partial charge in [-0.15, -0.1) is 0 Å². The van der Waals surface area contributed by atoms with Gasteiger partial charge in [-0.2, -0.15) is 13.2 Å². The Bertz CT molecular complexity index is 526. The Labute approximate surface area is 114 Å². The van der Waals surface area contributed by atoms with Crippen LogP contribution in [0.3, 0.4) is 0 Å². The zero-order chi connectivity index (χ0) is 14.5. The van der Waals surface area contributed by atoms with Crippen LogP contribution < -0.4 is 5.32 Å². The number of amides is 1. The molecule has 0 spiro atoms. The molecule has 1 N–H and O–H groups in total. The summed E-state index contributed by atoms with van der Waals surface area (Å²) in [5.41, 5.74) is 0.0277. The van der Waals surface area contributed by atoms with E-state index in [2.05, 4.69) is 12.2 Å². The molecule has 0 radical (unpaired) electrons. The highest BCUT2D eigenvalue weighted by Gasteiger charge is 2.46. The average Bonchev–Trinajstić information content (AvgIpc) is 2.96. The van der Waals surface area contributed by atoms with Crippen LogP contribution in [0.25, 0.3) is 0 Å². The maximum absolute atomic E-state index is 12.5. The van der Waals surface area contributed by atoms with Crippen molar-refractivity contribution in [2.45, 2.75) is 31.7 Å². The SMILES string of the molecule is CC1CC1N1C(=O)CNC1c1ccc(C(F)(F)F)cc1. The van der Waals surface area contributed by atoms with Gasteiger partial charge in [0.2, 0.25) is 5.91 Å². The molecular formula is C14H15F3N2O. The van der Waals surface area contributed by atoms with Gasteiger partial charge in [-0.05, 0) is 30.0 Å². The third kappa shape index (κ3) is 2.28. The molecule has 1 aliphatic carbocycles. The standard InChI is InChI=1S/C14H15F3N2O/c1-8-6-11(8)19-12(20)7-18-13(19)9-2-4-10(5-3-9)14(15,16)17/h2-5,8,11,13,18H,6-7H2,1H3. The van der Waals surface area contributed by atoms with Crippen LogP contribution in [0.5, 0.6) is 0 Å². The number of alkyl halides is 3. The van der Waals surface area contributed by atoms with Gasteiger partial charge in [0, 0.05) is 6.04 Å². The van der Waals surface area contributed by atoms with Crippen molar-refractivity contribution in [1.29, 1.82) is 0 Å². The molecule has 2 aliphatic rings. The van der Waals surface area contributed by atoms with E-state index in [1.54, 1.807) is 4.90 Å². The van der Waals surface area contributed by atoms with Crippen molar-refractivity contribution >= 4 is 5.91 Å². The van der Waals surface area contributed by atoms with E-state index < -0.39 is 11.7 Å². The van der Waals surface area contributed by atoms with E-state index in [0.29, 0.717) is 11.5 Å². The predicted octanol–water partition coefficient (Wildman–Crippen LogP) is 2.54. The Balaban J connectivity index is 1.83. The Morgan fingerprint density at radius 1 is 1.25 bits per heavy atom. The highest BCUT2D eigenvalue weighted by Crippen LogP contribution is 2.41. The lowest BCUT2D eigenvalue weighted by Gasteiger charge is -2.25. The molecular weight excluding hydrogens is 269 g/mol. The molecule has 0 bridgehead atoms. The number of hydrogen-bond donors (Lipinski definition) is 1. The number of halogens is 3. The molecule has 20 heavy (non-hydrogen) atoms. The highest BCUT2D eigenvalue weighted by atomic mass is 19.4. The largest absolute Gasteiger partial charge is 0.416 e. The molecule has 1 saturated heterocycles. The average molecular weight is 284 g/mol. The molecule has 3 atom stereocenters. The van der Waals surface area contributed by atoms with Gasteiger partial charge >= 0.3 is 6.18 Å². The van der Waals surface area contributed by atoms with E-state index in [1.165, 1.54) is 12.1 Å². The Morgan fingerprint density at radius 2 is 1.85 bits per heavy atom. The number of nitrogens with one attached hydrogen (secondary N) is 1. The number of carbonyl (C=O) groups is 1. The van der Waals surface area contributed by atoms with Crippen LogP contribution in [0.4, 0.5) is 13.2 Å². The monoisotopic (exact) mass is 284 g/mol. The Morgan fingerprint density at radius 3 is 2.35 bits per heavy atom. The summed E-state index contributed by atoms with van der Waals surface area (Å²) in [6, 6.07) is 5.23. The molecule has 108 valence electrons. The lowest BCUT2D eigenvalue weighted by molar-refractivity contribution is -0.137. The molecule has 0 aromatic heterocycles. The third-order valence-electron chi connectivity index (χ3n) is 3.99. The lowest BCUT2D eigenvalue weighted by Crippen LogP contribution is -2.33. The fourth-order valence-corrected chi connectivity index (χ4v) is 2.72. The second-order valence-electron chi connectivity index (χ2n) is 5.48. The molecule has 1 aliphatic heterocycles. The van der Waals surface area contributed by atoms with Crippen molar-refractivity contribution in [2.24, 2.45) is 5.92 Å². The Kier molecular flexibility index (Phi) is 3.01. The van der Waals surface area contributed by atoms with Crippen molar-refractivity contribution in [3.63, 3.8) is 0 Å². The van der Waals surface area contributed by atoms with E-state index in [-0.39, 0.29) is 24.7 Å². The minimum Gasteiger partial charge on any atom is -0.319 e. The van der Waals surface area contributed by atoms with E-state index in [1.807, 2.05) is 0 Å². The van der Waals surface area contributed by atoms with E-state index in [0.717, 1.165) is 18.6 Å². The van der Waals surface area contributed by atoms with Gasteiger partial charge in [0.05, 0.1) is 12.1 Å². The number of benzene rings is 1. The van der Waals surface area contributed by atoms with Crippen LogP contribution >= 0.6 is 0 Å². The number of rotatable bonds is 2. The summed E-state index contributed by atoms with van der Waals surface area (Å²) in [6.07, 6.45) is -3.67. The normalized spacial score (nSPS) is 29.9. The summed E-state index contributed by atoms with van der Waals surface area (Å²) < 4.78 is 37.6. The zero-order valence-electron chi connectivity index (χ0n) is 10.9. The molecule has 1 aromatic rings. The molecule has 3 rings (SSSR count). The topological polar surface area (TPSA) is 32.3 Å². The summed E-state index contributed by atoms with van der Waals surface area (Å²) in [6.45, 7) is 2.31. The number of carbonyl (C=O) groups excluding carboxylic acids is 1. The number of nitrogens with zero attached hydrogens (tertiary/aromatic N) is 1. The quantitative estimate of drug-likeness (QED) is 0.905. The maximum atomic E-state index is 12.5. The van der Waals surface area contributed by atoms with Crippen LogP contribution in [-0.4, -0.2) is 23.4 Å². The van der Waals surface area contributed by atoms with Gasteiger partial charge in [-0.3, -0.25) is 10.1 Å². The second kappa shape index (κ2) is 4.48. The molecule has 3 nitrogen and oxygen atoms in total. The van der Waals surface area contributed by atoms with E-state index in [9.17, 15) is 18.0 Å². The molecule has 1 amide bonds. The molecule has 1 saturated carbocycles. The van der Waals surface area contributed by atoms with Crippen molar-refractivity contribution in [2.75, 3.05) is 6.54 Å². The van der Waals surface area contributed by atoms with Crippen LogP contribution in [0.1, 0.15) is 30.6 Å². The summed E-state index contributed by atoms with van der Waals surface area (Å²) in [7, 11) is 0. The first kappa shape index (κ1) is 13.4. The van der Waals surface area contributed by atoms with E-state index >= 15 is 0 Å². The lowest BCUT2D eigenvalue weighted by atomic mass is 10.1. The summed E-state index contributed by atoms with van der Waals surface area (Å²) in [5.74, 6) is 0.486. The summed E-state index contributed by atoms with van der Waals surface area (Å²) >= 11 is 0. The predicted molar refractivity (Wildman–Crippen MR) is 66.6 cm³/mol. The summed E-state index contributed by atoms with van der Waals surface area (Å²) in [5, 5.41) is 3.07. The van der Waals surface area contributed by atoms with Crippen molar-refractivity contribution in [3.05, 3.63) is 35.4 Å². The van der Waals surface area contributed by atoms with E-state index in [4.69, 9.17) is 0 Å². The third-order valence-corrected chi connectivity index (χ3v) is 3.99. The number of hydrogen-bond acceptors (Lipinski definition) is 2. The molecule has 3 unspecified atom stereocenters. The molecule has 1 heterocycles. The maximum Gasteiger partial charge on any atom is 0.416 e. The second-order valence-corrected chi connectivity index (χ2v) is 5.48. The highest BCUT2D eigenvalue weighted by molar-refractivity contribution is 5.81. The fourth-order valence-electron chi connectivity index (χ4n) is 2.72. The van der Waals surface area contributed by atoms with Gasteiger partial charge in [0.1, 0.15) is 6.17 Å². The van der Waals surface area contributed by atoms with Crippen molar-refractivity contribution in [1.82, 2.24) is 10.2 Å². The van der Waals surface area contributed by atoms with Crippen LogP contribution in [0.15, 0.2) is 24.3 Å². The van der Waals surface area contributed by atoms with Crippen LogP contribution in [0.2, 0.25) is 0 Å². The first-order valence-corrected chi connectivity index (χ1v) is 6.59. The smallest absolute Gasteiger partial charge is 0.319 e. The Hall–Kier alpha value is -1.56.